The molecule has 0 aromatic heterocycles. The van der Waals surface area contributed by atoms with E-state index in [1.165, 1.54) is 205 Å². The zero-order valence-electron chi connectivity index (χ0n) is 50.5. The minimum atomic E-state index is -0.781. The Kier molecular flexibility index (Phi) is 61.7. The molecule has 76 heavy (non-hydrogen) atoms. The quantitative estimate of drug-likeness (QED) is 0.0261. The molecule has 0 aromatic carbocycles. The molecule has 6 heteroatoms. The molecular weight excluding hydrogens is 937 g/mol. The minimum absolute atomic E-state index is 0.0773. The number of esters is 3. The topological polar surface area (TPSA) is 78.9 Å². The molecule has 0 rings (SSSR count). The van der Waals surface area contributed by atoms with Gasteiger partial charge < -0.3 is 14.2 Å². The van der Waals surface area contributed by atoms with Crippen molar-refractivity contribution in [1.82, 2.24) is 0 Å². The standard InChI is InChI=1S/C70H124O6/c1-4-7-10-13-16-19-22-25-27-29-31-32-33-34-35-36-37-38-39-41-42-45-48-51-54-57-60-63-69(72)75-66-67(65-74-68(71)62-59-56-53-50-47-44-24-21-18-15-12-9-6-3)76-70(73)64-61-58-55-52-49-46-43-40-30-28-26-23-20-17-14-11-8-5-2/h7,10,16,19,21,24-25,27-28,30-32,67H,4-6,8-9,11-15,17-18,20,22-23,26,29,33-66H2,1-3H3/b10-7-,19-16-,24-21-,27-25-,30-28-,32-31-. The van der Waals surface area contributed by atoms with Crippen LogP contribution in [0.4, 0.5) is 0 Å². The van der Waals surface area contributed by atoms with Crippen molar-refractivity contribution in [2.45, 2.75) is 341 Å². The van der Waals surface area contributed by atoms with Crippen molar-refractivity contribution in [3.63, 3.8) is 0 Å². The van der Waals surface area contributed by atoms with Crippen LogP contribution in [0.1, 0.15) is 335 Å². The third kappa shape index (κ3) is 61.7. The van der Waals surface area contributed by atoms with Gasteiger partial charge in [-0.3, -0.25) is 14.4 Å². The lowest BCUT2D eigenvalue weighted by molar-refractivity contribution is -0.167. The molecule has 0 aliphatic heterocycles. The van der Waals surface area contributed by atoms with Crippen molar-refractivity contribution in [3.05, 3.63) is 72.9 Å². The van der Waals surface area contributed by atoms with E-state index in [9.17, 15) is 14.4 Å². The van der Waals surface area contributed by atoms with Crippen LogP contribution >= 0.6 is 0 Å². The van der Waals surface area contributed by atoms with Gasteiger partial charge in [0.05, 0.1) is 0 Å². The van der Waals surface area contributed by atoms with E-state index in [2.05, 4.69) is 93.7 Å². The van der Waals surface area contributed by atoms with Crippen molar-refractivity contribution in [2.24, 2.45) is 0 Å². The molecular formula is C70H124O6. The van der Waals surface area contributed by atoms with Gasteiger partial charge in [0.15, 0.2) is 6.10 Å². The fourth-order valence-corrected chi connectivity index (χ4v) is 9.48. The maximum atomic E-state index is 12.9. The second kappa shape index (κ2) is 64.4. The summed E-state index contributed by atoms with van der Waals surface area (Å²) >= 11 is 0. The lowest BCUT2D eigenvalue weighted by Gasteiger charge is -2.18. The molecule has 0 spiro atoms. The van der Waals surface area contributed by atoms with E-state index in [0.717, 1.165) is 89.9 Å². The molecule has 0 bridgehead atoms. The molecule has 0 N–H and O–H groups in total. The molecule has 0 saturated carbocycles. The maximum Gasteiger partial charge on any atom is 0.306 e. The van der Waals surface area contributed by atoms with Crippen molar-refractivity contribution >= 4 is 17.9 Å². The van der Waals surface area contributed by atoms with Crippen LogP contribution in [0, 0.1) is 0 Å². The van der Waals surface area contributed by atoms with Crippen LogP contribution in [-0.2, 0) is 28.6 Å². The van der Waals surface area contributed by atoms with Gasteiger partial charge in [-0.15, -0.1) is 0 Å². The molecule has 0 saturated heterocycles. The van der Waals surface area contributed by atoms with Gasteiger partial charge in [0.2, 0.25) is 0 Å². The molecule has 0 aliphatic rings. The number of hydrogen-bond acceptors (Lipinski definition) is 6. The van der Waals surface area contributed by atoms with Crippen molar-refractivity contribution in [2.75, 3.05) is 13.2 Å². The van der Waals surface area contributed by atoms with Crippen molar-refractivity contribution in [3.8, 4) is 0 Å². The molecule has 440 valence electrons. The summed E-state index contributed by atoms with van der Waals surface area (Å²) in [4.78, 5) is 38.3. The molecule has 0 fully saturated rings. The number of hydrogen-bond donors (Lipinski definition) is 0. The number of allylic oxidation sites excluding steroid dienone is 12. The van der Waals surface area contributed by atoms with E-state index in [0.29, 0.717) is 19.3 Å². The van der Waals surface area contributed by atoms with Crippen LogP contribution in [-0.4, -0.2) is 37.2 Å². The summed E-state index contributed by atoms with van der Waals surface area (Å²) in [5.74, 6) is -0.875. The first-order chi connectivity index (χ1) is 37.5. The third-order valence-electron chi connectivity index (χ3n) is 14.4. The van der Waals surface area contributed by atoms with E-state index >= 15 is 0 Å². The highest BCUT2D eigenvalue weighted by molar-refractivity contribution is 5.71. The lowest BCUT2D eigenvalue weighted by atomic mass is 10.0. The number of rotatable bonds is 60. The Morgan fingerprint density at radius 1 is 0.276 bits per heavy atom. The van der Waals surface area contributed by atoms with E-state index in [-0.39, 0.29) is 31.1 Å². The number of unbranched alkanes of at least 4 members (excludes halogenated alkanes) is 37. The van der Waals surface area contributed by atoms with Crippen LogP contribution in [0.15, 0.2) is 72.9 Å². The Balaban J connectivity index is 4.26. The first kappa shape index (κ1) is 72.8. The lowest BCUT2D eigenvalue weighted by Crippen LogP contribution is -2.30. The molecule has 0 amide bonds. The van der Waals surface area contributed by atoms with Gasteiger partial charge in [-0.25, -0.2) is 0 Å². The monoisotopic (exact) mass is 1060 g/mol. The average Bonchev–Trinajstić information content (AvgIpc) is 3.42. The fourth-order valence-electron chi connectivity index (χ4n) is 9.48. The Morgan fingerprint density at radius 3 is 0.829 bits per heavy atom. The summed E-state index contributed by atoms with van der Waals surface area (Å²) in [6.45, 7) is 6.54. The zero-order chi connectivity index (χ0) is 55.0. The van der Waals surface area contributed by atoms with Gasteiger partial charge in [-0.05, 0) is 109 Å². The Labute approximate surface area is 472 Å². The highest BCUT2D eigenvalue weighted by Crippen LogP contribution is 2.17. The average molecular weight is 1060 g/mol. The van der Waals surface area contributed by atoms with Gasteiger partial charge in [0, 0.05) is 19.3 Å². The normalized spacial score (nSPS) is 12.5. The molecule has 1 unspecified atom stereocenters. The predicted octanol–water partition coefficient (Wildman–Crippen LogP) is 22.5. The first-order valence-corrected chi connectivity index (χ1v) is 32.9. The molecule has 0 radical (unpaired) electrons. The van der Waals surface area contributed by atoms with E-state index in [4.69, 9.17) is 14.2 Å². The molecule has 0 aromatic rings. The first-order valence-electron chi connectivity index (χ1n) is 32.9. The summed E-state index contributed by atoms with van der Waals surface area (Å²) in [6, 6.07) is 0. The molecule has 0 heterocycles. The SMILES string of the molecule is CC/C=C\C/C=C\C/C=C\C/C=C\CCCCCCCCCCCCCCCCC(=O)OCC(COC(=O)CCCCCCC/C=C\CCCCCC)OC(=O)CCCCCCCCC/C=C\CCCCCCCCC. The van der Waals surface area contributed by atoms with Gasteiger partial charge >= 0.3 is 17.9 Å². The Bertz CT molecular complexity index is 1400. The second-order valence-electron chi connectivity index (χ2n) is 22.0. The molecule has 0 aliphatic carbocycles. The summed E-state index contributed by atoms with van der Waals surface area (Å²) in [7, 11) is 0. The smallest absolute Gasteiger partial charge is 0.306 e. The summed E-state index contributed by atoms with van der Waals surface area (Å²) in [6.07, 6.45) is 83.4. The summed E-state index contributed by atoms with van der Waals surface area (Å²) < 4.78 is 16.9. The molecule has 1 atom stereocenters. The Morgan fingerprint density at radius 2 is 0.513 bits per heavy atom. The van der Waals surface area contributed by atoms with E-state index < -0.39 is 6.10 Å². The van der Waals surface area contributed by atoms with Crippen LogP contribution < -0.4 is 0 Å². The highest BCUT2D eigenvalue weighted by Gasteiger charge is 2.19. The maximum absolute atomic E-state index is 12.9. The summed E-state index contributed by atoms with van der Waals surface area (Å²) in [5, 5.41) is 0. The Hall–Kier alpha value is -3.15. The van der Waals surface area contributed by atoms with Gasteiger partial charge in [-0.1, -0.05) is 280 Å². The van der Waals surface area contributed by atoms with Crippen LogP contribution in [0.3, 0.4) is 0 Å². The third-order valence-corrected chi connectivity index (χ3v) is 14.4. The summed E-state index contributed by atoms with van der Waals surface area (Å²) in [5.41, 5.74) is 0. The largest absolute Gasteiger partial charge is 0.462 e. The van der Waals surface area contributed by atoms with Crippen LogP contribution in [0.5, 0.6) is 0 Å². The highest BCUT2D eigenvalue weighted by atomic mass is 16.6. The van der Waals surface area contributed by atoms with E-state index in [1.807, 2.05) is 0 Å². The van der Waals surface area contributed by atoms with Gasteiger partial charge in [0.1, 0.15) is 13.2 Å². The minimum Gasteiger partial charge on any atom is -0.462 e. The predicted molar refractivity (Wildman–Crippen MR) is 330 cm³/mol. The van der Waals surface area contributed by atoms with Gasteiger partial charge in [0.25, 0.3) is 0 Å². The van der Waals surface area contributed by atoms with Crippen molar-refractivity contribution < 1.29 is 28.6 Å². The second-order valence-corrected chi connectivity index (χ2v) is 22.0. The van der Waals surface area contributed by atoms with Crippen LogP contribution in [0.2, 0.25) is 0 Å². The van der Waals surface area contributed by atoms with Gasteiger partial charge in [-0.2, -0.15) is 0 Å². The fraction of sp³-hybridized carbons (Fsp3) is 0.786. The number of ether oxygens (including phenoxy) is 3. The van der Waals surface area contributed by atoms with Crippen molar-refractivity contribution in [1.29, 1.82) is 0 Å². The zero-order valence-corrected chi connectivity index (χ0v) is 50.5. The number of carbonyl (C=O) groups excluding carboxylic acids is 3. The molecule has 6 nitrogen and oxygen atoms in total. The van der Waals surface area contributed by atoms with E-state index in [1.54, 1.807) is 0 Å². The number of carbonyl (C=O) groups is 3. The van der Waals surface area contributed by atoms with Crippen LogP contribution in [0.25, 0.3) is 0 Å².